The standard InChI is InChI=1S/C12H19FO4/c1-14-10-12-6-3-2-4-9(12)5-7-11(8-13,15-10)16-17-12/h9-10H,2-8H2,1H3/t9-,10+,11-,12?/m1/s1. The van der Waals surface area contributed by atoms with Crippen molar-refractivity contribution in [3.05, 3.63) is 0 Å². The summed E-state index contributed by atoms with van der Waals surface area (Å²) in [5.41, 5.74) is -0.526. The molecule has 0 radical (unpaired) electrons. The van der Waals surface area contributed by atoms with Gasteiger partial charge in [-0.05, 0) is 25.2 Å². The first-order chi connectivity index (χ1) is 8.25. The number of hydrogen-bond donors (Lipinski definition) is 0. The number of fused-ring (bicyclic) bond motifs is 3. The van der Waals surface area contributed by atoms with Gasteiger partial charge in [-0.1, -0.05) is 12.8 Å². The van der Waals surface area contributed by atoms with E-state index in [0.717, 1.165) is 25.7 Å². The van der Waals surface area contributed by atoms with Crippen LogP contribution in [0.15, 0.2) is 0 Å². The van der Waals surface area contributed by atoms with Crippen LogP contribution in [0.4, 0.5) is 4.39 Å². The van der Waals surface area contributed by atoms with Crippen molar-refractivity contribution >= 4 is 0 Å². The van der Waals surface area contributed by atoms with Gasteiger partial charge < -0.3 is 9.47 Å². The SMILES string of the molecule is CO[C@H]1O[C@]2(CF)CC[C@H]3CCCCC31OO2. The van der Waals surface area contributed by atoms with Gasteiger partial charge in [-0.2, -0.15) is 4.89 Å². The van der Waals surface area contributed by atoms with E-state index in [1.807, 2.05) is 0 Å². The highest BCUT2D eigenvalue weighted by Crippen LogP contribution is 2.52. The van der Waals surface area contributed by atoms with Crippen molar-refractivity contribution < 1.29 is 23.6 Å². The molecule has 3 aliphatic heterocycles. The molecule has 0 amide bonds. The Kier molecular flexibility index (Phi) is 2.89. The van der Waals surface area contributed by atoms with Crippen molar-refractivity contribution in [1.29, 1.82) is 0 Å². The third kappa shape index (κ3) is 1.63. The molecule has 1 aliphatic carbocycles. The molecule has 98 valence electrons. The van der Waals surface area contributed by atoms with E-state index in [2.05, 4.69) is 0 Å². The Bertz CT molecular complexity index is 296. The average Bonchev–Trinajstić information content (AvgIpc) is 2.64. The average molecular weight is 246 g/mol. The first-order valence-corrected chi connectivity index (χ1v) is 6.38. The third-order valence-electron chi connectivity index (χ3n) is 4.42. The number of methoxy groups -OCH3 is 1. The van der Waals surface area contributed by atoms with Crippen molar-refractivity contribution in [2.24, 2.45) is 5.92 Å². The van der Waals surface area contributed by atoms with Crippen LogP contribution in [0.1, 0.15) is 38.5 Å². The first kappa shape index (κ1) is 11.8. The van der Waals surface area contributed by atoms with Crippen LogP contribution in [0.3, 0.4) is 0 Å². The molecular weight excluding hydrogens is 227 g/mol. The van der Waals surface area contributed by atoms with Gasteiger partial charge in [-0.15, -0.1) is 0 Å². The van der Waals surface area contributed by atoms with Gasteiger partial charge in [0.25, 0.3) is 0 Å². The van der Waals surface area contributed by atoms with Gasteiger partial charge in [-0.25, -0.2) is 9.28 Å². The molecule has 0 aromatic heterocycles. The molecule has 4 rings (SSSR count). The predicted octanol–water partition coefficient (Wildman–Crippen LogP) is 2.33. The Hall–Kier alpha value is -0.230. The lowest BCUT2D eigenvalue weighted by Crippen LogP contribution is -2.60. The van der Waals surface area contributed by atoms with E-state index in [1.165, 1.54) is 6.42 Å². The summed E-state index contributed by atoms with van der Waals surface area (Å²) in [5, 5.41) is 0. The second-order valence-corrected chi connectivity index (χ2v) is 5.33. The lowest BCUT2D eigenvalue weighted by Gasteiger charge is -2.49. The maximum atomic E-state index is 13.1. The second kappa shape index (κ2) is 4.16. The highest BCUT2D eigenvalue weighted by molar-refractivity contribution is 4.99. The molecule has 4 aliphatic rings. The van der Waals surface area contributed by atoms with Gasteiger partial charge in [-0.3, -0.25) is 0 Å². The van der Waals surface area contributed by atoms with Gasteiger partial charge in [0.05, 0.1) is 0 Å². The maximum absolute atomic E-state index is 13.1. The van der Waals surface area contributed by atoms with Crippen LogP contribution in [-0.4, -0.2) is 31.5 Å². The number of hydrogen-bond acceptors (Lipinski definition) is 4. The van der Waals surface area contributed by atoms with Crippen molar-refractivity contribution in [1.82, 2.24) is 0 Å². The first-order valence-electron chi connectivity index (χ1n) is 6.38. The van der Waals surface area contributed by atoms with Gasteiger partial charge in [0.2, 0.25) is 5.79 Å². The fourth-order valence-corrected chi connectivity index (χ4v) is 3.42. The molecule has 5 heteroatoms. The molecule has 17 heavy (non-hydrogen) atoms. The molecule has 1 unspecified atom stereocenters. The van der Waals surface area contributed by atoms with Crippen LogP contribution < -0.4 is 0 Å². The van der Waals surface area contributed by atoms with E-state index < -0.39 is 24.4 Å². The molecule has 3 saturated heterocycles. The predicted molar refractivity (Wildman–Crippen MR) is 56.7 cm³/mol. The lowest BCUT2D eigenvalue weighted by molar-refractivity contribution is -0.552. The molecule has 4 fully saturated rings. The van der Waals surface area contributed by atoms with Crippen molar-refractivity contribution in [2.75, 3.05) is 13.8 Å². The lowest BCUT2D eigenvalue weighted by atomic mass is 9.73. The van der Waals surface area contributed by atoms with E-state index in [-0.39, 0.29) is 0 Å². The van der Waals surface area contributed by atoms with Crippen molar-refractivity contribution in [3.8, 4) is 0 Å². The second-order valence-electron chi connectivity index (χ2n) is 5.33. The number of alkyl halides is 1. The van der Waals surface area contributed by atoms with Gasteiger partial charge in [0.15, 0.2) is 11.9 Å². The highest BCUT2D eigenvalue weighted by atomic mass is 19.1. The number of rotatable bonds is 2. The molecule has 4 atom stereocenters. The summed E-state index contributed by atoms with van der Waals surface area (Å²) in [5.74, 6) is -0.902. The van der Waals surface area contributed by atoms with E-state index in [0.29, 0.717) is 12.3 Å². The Morgan fingerprint density at radius 2 is 2.12 bits per heavy atom. The van der Waals surface area contributed by atoms with Crippen LogP contribution in [0.25, 0.3) is 0 Å². The minimum atomic E-state index is -1.25. The Labute approximate surface area is 100 Å². The number of ether oxygens (including phenoxy) is 2. The van der Waals surface area contributed by atoms with Crippen LogP contribution >= 0.6 is 0 Å². The van der Waals surface area contributed by atoms with Crippen LogP contribution in [0, 0.1) is 5.92 Å². The summed E-state index contributed by atoms with van der Waals surface area (Å²) >= 11 is 0. The Balaban J connectivity index is 1.94. The van der Waals surface area contributed by atoms with Crippen molar-refractivity contribution in [3.63, 3.8) is 0 Å². The van der Waals surface area contributed by atoms with Crippen molar-refractivity contribution in [2.45, 2.75) is 56.2 Å². The topological polar surface area (TPSA) is 36.9 Å². The number of halogens is 1. The molecule has 3 heterocycles. The largest absolute Gasteiger partial charge is 0.353 e. The highest BCUT2D eigenvalue weighted by Gasteiger charge is 2.61. The van der Waals surface area contributed by atoms with E-state index in [9.17, 15) is 4.39 Å². The summed E-state index contributed by atoms with van der Waals surface area (Å²) < 4.78 is 24.2. The van der Waals surface area contributed by atoms with E-state index in [1.54, 1.807) is 7.11 Å². The minimum Gasteiger partial charge on any atom is -0.353 e. The fraction of sp³-hybridized carbons (Fsp3) is 1.00. The summed E-state index contributed by atoms with van der Waals surface area (Å²) in [6.45, 7) is -0.699. The third-order valence-corrected chi connectivity index (χ3v) is 4.42. The normalized spacial score (nSPS) is 49.8. The fourth-order valence-electron chi connectivity index (χ4n) is 3.42. The minimum absolute atomic E-state index is 0.345. The van der Waals surface area contributed by atoms with Crippen LogP contribution in [0.5, 0.6) is 0 Å². The summed E-state index contributed by atoms with van der Waals surface area (Å²) in [4.78, 5) is 10.9. The zero-order valence-corrected chi connectivity index (χ0v) is 10.1. The molecule has 2 bridgehead atoms. The van der Waals surface area contributed by atoms with Gasteiger partial charge in [0.1, 0.15) is 6.67 Å². The van der Waals surface area contributed by atoms with Gasteiger partial charge >= 0.3 is 0 Å². The zero-order chi connectivity index (χ0) is 11.9. The summed E-state index contributed by atoms with van der Waals surface area (Å²) in [6, 6.07) is 0. The summed E-state index contributed by atoms with van der Waals surface area (Å²) in [6.07, 6.45) is 5.10. The quantitative estimate of drug-likeness (QED) is 0.701. The zero-order valence-electron chi connectivity index (χ0n) is 10.1. The molecule has 0 N–H and O–H groups in total. The molecular formula is C12H19FO4. The smallest absolute Gasteiger partial charge is 0.232 e. The molecule has 1 saturated carbocycles. The monoisotopic (exact) mass is 246 g/mol. The Morgan fingerprint density at radius 3 is 2.88 bits per heavy atom. The van der Waals surface area contributed by atoms with Crippen LogP contribution in [0.2, 0.25) is 0 Å². The molecule has 4 nitrogen and oxygen atoms in total. The molecule has 0 aromatic carbocycles. The van der Waals surface area contributed by atoms with E-state index in [4.69, 9.17) is 19.2 Å². The summed E-state index contributed by atoms with van der Waals surface area (Å²) in [7, 11) is 1.58. The van der Waals surface area contributed by atoms with E-state index >= 15 is 0 Å². The van der Waals surface area contributed by atoms with Crippen LogP contribution in [-0.2, 0) is 19.2 Å². The molecule has 1 spiro atoms. The maximum Gasteiger partial charge on any atom is 0.232 e. The molecule has 0 aromatic rings. The van der Waals surface area contributed by atoms with Gasteiger partial charge in [0, 0.05) is 13.5 Å². The Morgan fingerprint density at radius 1 is 1.24 bits per heavy atom.